The third kappa shape index (κ3) is 1.89. The molecule has 1 atom stereocenters. The predicted molar refractivity (Wildman–Crippen MR) is 47.1 cm³/mol. The van der Waals surface area contributed by atoms with Gasteiger partial charge in [0.05, 0.1) is 6.54 Å². The number of carbonyl (C=O) groups excluding carboxylic acids is 1. The molecule has 0 aromatic rings. The van der Waals surface area contributed by atoms with E-state index in [0.29, 0.717) is 6.54 Å². The van der Waals surface area contributed by atoms with Crippen LogP contribution in [0.4, 0.5) is 0 Å². The summed E-state index contributed by atoms with van der Waals surface area (Å²) in [5.74, 6) is 0.156. The van der Waals surface area contributed by atoms with Gasteiger partial charge in [0.15, 0.2) is 0 Å². The molecule has 1 rings (SSSR count). The molecule has 0 radical (unpaired) electrons. The minimum atomic E-state index is 0.0129. The van der Waals surface area contributed by atoms with Gasteiger partial charge in [-0.2, -0.15) is 0 Å². The molecule has 0 spiro atoms. The molecule has 1 unspecified atom stereocenters. The number of carbonyl (C=O) groups is 1. The summed E-state index contributed by atoms with van der Waals surface area (Å²) in [7, 11) is 1.92. The van der Waals surface area contributed by atoms with Gasteiger partial charge in [0.2, 0.25) is 0 Å². The van der Waals surface area contributed by atoms with Gasteiger partial charge in [0.25, 0.3) is 0 Å². The number of nitrogens with zero attached hydrogens (tertiary/aromatic N) is 2. The van der Waals surface area contributed by atoms with Gasteiger partial charge in [-0.05, 0) is 6.92 Å². The summed E-state index contributed by atoms with van der Waals surface area (Å²) in [6.45, 7) is 2.02. The molecule has 11 heavy (non-hydrogen) atoms. The van der Waals surface area contributed by atoms with Crippen LogP contribution in [0.1, 0.15) is 6.92 Å². The Labute approximate surface area is 72.1 Å². The van der Waals surface area contributed by atoms with Crippen LogP contribution in [0.15, 0.2) is 12.4 Å². The molecule has 0 N–H and O–H groups in total. The molecule has 62 valence electrons. The quantitative estimate of drug-likeness (QED) is 0.614. The van der Waals surface area contributed by atoms with Crippen molar-refractivity contribution < 1.29 is 4.79 Å². The second-order valence-corrected chi connectivity index (χ2v) is 3.15. The van der Waals surface area contributed by atoms with Crippen molar-refractivity contribution in [2.45, 2.75) is 12.4 Å². The summed E-state index contributed by atoms with van der Waals surface area (Å²) in [6.07, 6.45) is 3.78. The van der Waals surface area contributed by atoms with Crippen LogP contribution in [0.2, 0.25) is 0 Å². The van der Waals surface area contributed by atoms with E-state index in [1.807, 2.05) is 29.2 Å². The van der Waals surface area contributed by atoms with Crippen molar-refractivity contribution in [2.24, 2.45) is 0 Å². The third-order valence-electron chi connectivity index (χ3n) is 1.56. The van der Waals surface area contributed by atoms with E-state index in [2.05, 4.69) is 12.6 Å². The second-order valence-electron chi connectivity index (χ2n) is 2.68. The van der Waals surface area contributed by atoms with E-state index >= 15 is 0 Å². The highest BCUT2D eigenvalue weighted by molar-refractivity contribution is 7.80. The molecular formula is C7H12N2OS. The van der Waals surface area contributed by atoms with Crippen molar-refractivity contribution in [3.05, 3.63) is 12.4 Å². The number of thiol groups is 1. The van der Waals surface area contributed by atoms with Crippen molar-refractivity contribution in [1.29, 1.82) is 0 Å². The summed E-state index contributed by atoms with van der Waals surface area (Å²) in [4.78, 5) is 14.5. The Hall–Kier alpha value is -0.640. The number of hydrogen-bond donors (Lipinski definition) is 1. The fraction of sp³-hybridized carbons (Fsp3) is 0.571. The molecule has 0 bridgehead atoms. The average molecular weight is 172 g/mol. The van der Waals surface area contributed by atoms with E-state index in [1.54, 1.807) is 6.92 Å². The maximum absolute atomic E-state index is 10.7. The van der Waals surface area contributed by atoms with Crippen LogP contribution in [0, 0.1) is 0 Å². The third-order valence-corrected chi connectivity index (χ3v) is 2.22. The van der Waals surface area contributed by atoms with E-state index in [4.69, 9.17) is 0 Å². The first-order valence-electron chi connectivity index (χ1n) is 3.45. The lowest BCUT2D eigenvalue weighted by Crippen LogP contribution is -2.34. The molecule has 0 saturated heterocycles. The van der Waals surface area contributed by atoms with Gasteiger partial charge in [-0.3, -0.25) is 4.79 Å². The van der Waals surface area contributed by atoms with Gasteiger partial charge < -0.3 is 9.80 Å². The van der Waals surface area contributed by atoms with Crippen molar-refractivity contribution in [3.8, 4) is 0 Å². The molecule has 0 aromatic heterocycles. The first-order chi connectivity index (χ1) is 5.11. The molecule has 3 nitrogen and oxygen atoms in total. The molecular weight excluding hydrogens is 160 g/mol. The lowest BCUT2D eigenvalue weighted by Gasteiger charge is -2.24. The van der Waals surface area contributed by atoms with Crippen molar-refractivity contribution in [3.63, 3.8) is 0 Å². The molecule has 1 heterocycles. The standard InChI is InChI=1S/C7H12N2OS/c1-6(10)5-9-4-3-8(2)7(9)11/h3-4,7,11H,5H2,1-2H3. The first-order valence-corrected chi connectivity index (χ1v) is 3.96. The summed E-state index contributed by atoms with van der Waals surface area (Å²) in [6, 6.07) is 0. The van der Waals surface area contributed by atoms with Crippen molar-refractivity contribution in [1.82, 2.24) is 9.80 Å². The Morgan fingerprint density at radius 1 is 1.64 bits per heavy atom. The van der Waals surface area contributed by atoms with Crippen LogP contribution in [-0.2, 0) is 4.79 Å². The first kappa shape index (κ1) is 8.46. The zero-order chi connectivity index (χ0) is 8.43. The topological polar surface area (TPSA) is 23.6 Å². The van der Waals surface area contributed by atoms with E-state index in [9.17, 15) is 4.79 Å². The Morgan fingerprint density at radius 3 is 2.64 bits per heavy atom. The highest BCUT2D eigenvalue weighted by Gasteiger charge is 2.19. The summed E-state index contributed by atoms with van der Waals surface area (Å²) in [5, 5.41) is 0. The minimum absolute atomic E-state index is 0.0129. The number of rotatable bonds is 2. The van der Waals surface area contributed by atoms with Gasteiger partial charge in [0, 0.05) is 19.4 Å². The molecule has 0 aliphatic carbocycles. The zero-order valence-corrected chi connectivity index (χ0v) is 7.58. The fourth-order valence-electron chi connectivity index (χ4n) is 0.970. The maximum Gasteiger partial charge on any atom is 0.149 e. The van der Waals surface area contributed by atoms with Crippen LogP contribution < -0.4 is 0 Å². The van der Waals surface area contributed by atoms with Gasteiger partial charge in [-0.15, -0.1) is 12.6 Å². The van der Waals surface area contributed by atoms with E-state index in [1.165, 1.54) is 0 Å². The highest BCUT2D eigenvalue weighted by Crippen LogP contribution is 2.15. The zero-order valence-electron chi connectivity index (χ0n) is 6.69. The summed E-state index contributed by atoms with van der Waals surface area (Å²) < 4.78 is 0. The van der Waals surface area contributed by atoms with E-state index in [0.717, 1.165) is 0 Å². The Bertz CT molecular complexity index is 193. The van der Waals surface area contributed by atoms with Crippen LogP contribution in [0.25, 0.3) is 0 Å². The minimum Gasteiger partial charge on any atom is -0.351 e. The largest absolute Gasteiger partial charge is 0.351 e. The van der Waals surface area contributed by atoms with Gasteiger partial charge in [-0.1, -0.05) is 0 Å². The predicted octanol–water partition coefficient (Wildman–Crippen LogP) is 0.507. The molecule has 0 fully saturated rings. The summed E-state index contributed by atoms with van der Waals surface area (Å²) in [5.41, 5.74) is 0.0129. The second kappa shape index (κ2) is 3.17. The van der Waals surface area contributed by atoms with Gasteiger partial charge in [-0.25, -0.2) is 0 Å². The number of hydrogen-bond acceptors (Lipinski definition) is 4. The monoisotopic (exact) mass is 172 g/mol. The molecule has 1 aliphatic rings. The lowest BCUT2D eigenvalue weighted by molar-refractivity contribution is -0.117. The number of Topliss-reactive ketones (excluding diaryl/α,β-unsaturated/α-hetero) is 1. The van der Waals surface area contributed by atoms with E-state index in [-0.39, 0.29) is 11.3 Å². The molecule has 1 aliphatic heterocycles. The number of ketones is 1. The average Bonchev–Trinajstić information content (AvgIpc) is 2.18. The van der Waals surface area contributed by atoms with Crippen LogP contribution >= 0.6 is 12.6 Å². The van der Waals surface area contributed by atoms with Crippen LogP contribution in [-0.4, -0.2) is 34.7 Å². The molecule has 4 heteroatoms. The smallest absolute Gasteiger partial charge is 0.149 e. The normalized spacial score (nSPS) is 23.0. The fourth-order valence-corrected chi connectivity index (χ4v) is 1.21. The Kier molecular flexibility index (Phi) is 2.44. The SMILES string of the molecule is CC(=O)CN1C=CN(C)C1S. The van der Waals surface area contributed by atoms with Gasteiger partial charge >= 0.3 is 0 Å². The maximum atomic E-state index is 10.7. The Morgan fingerprint density at radius 2 is 2.27 bits per heavy atom. The lowest BCUT2D eigenvalue weighted by atomic mass is 10.4. The Balaban J connectivity index is 2.49. The highest BCUT2D eigenvalue weighted by atomic mass is 32.1. The van der Waals surface area contributed by atoms with Crippen LogP contribution in [0.3, 0.4) is 0 Å². The molecule has 0 saturated carbocycles. The summed E-state index contributed by atoms with van der Waals surface area (Å²) >= 11 is 4.29. The molecule has 0 aromatic carbocycles. The van der Waals surface area contributed by atoms with Crippen LogP contribution in [0.5, 0.6) is 0 Å². The molecule has 0 amide bonds. The van der Waals surface area contributed by atoms with Crippen molar-refractivity contribution in [2.75, 3.05) is 13.6 Å². The van der Waals surface area contributed by atoms with Crippen molar-refractivity contribution >= 4 is 18.4 Å². The van der Waals surface area contributed by atoms with Gasteiger partial charge in [0.1, 0.15) is 11.3 Å². The van der Waals surface area contributed by atoms with E-state index < -0.39 is 0 Å².